The van der Waals surface area contributed by atoms with E-state index in [-0.39, 0.29) is 35.2 Å². The number of carbonyl (C=O) groups is 1. The second kappa shape index (κ2) is 9.65. The van der Waals surface area contributed by atoms with Crippen molar-refractivity contribution in [3.8, 4) is 0 Å². The van der Waals surface area contributed by atoms with Crippen molar-refractivity contribution < 1.29 is 9.90 Å². The maximum atomic E-state index is 13.3. The van der Waals surface area contributed by atoms with Gasteiger partial charge in [0.1, 0.15) is 5.84 Å². The van der Waals surface area contributed by atoms with E-state index in [2.05, 4.69) is 41.3 Å². The van der Waals surface area contributed by atoms with Crippen LogP contribution in [-0.2, 0) is 11.3 Å². The quantitative estimate of drug-likeness (QED) is 0.232. The Morgan fingerprint density at radius 3 is 2.65 bits per heavy atom. The average molecular weight is 448 g/mol. The molecule has 2 fully saturated rings. The van der Waals surface area contributed by atoms with E-state index in [1.54, 1.807) is 12.1 Å². The fourth-order valence-corrected chi connectivity index (χ4v) is 5.40. The highest BCUT2D eigenvalue weighted by Gasteiger charge is 2.60. The van der Waals surface area contributed by atoms with Crippen LogP contribution >= 0.6 is 11.6 Å². The predicted molar refractivity (Wildman–Crippen MR) is 123 cm³/mol. The van der Waals surface area contributed by atoms with Gasteiger partial charge in [0.25, 0.3) is 5.91 Å². The molecule has 0 aromatic heterocycles. The number of aliphatic hydroxyl groups is 1. The second-order valence-electron chi connectivity index (χ2n) is 9.68. The summed E-state index contributed by atoms with van der Waals surface area (Å²) < 4.78 is 0. The van der Waals surface area contributed by atoms with E-state index >= 15 is 0 Å². The lowest BCUT2D eigenvalue weighted by Gasteiger charge is -2.43. The molecule has 4 N–H and O–H groups in total. The van der Waals surface area contributed by atoms with Gasteiger partial charge in [0, 0.05) is 17.7 Å². The van der Waals surface area contributed by atoms with E-state index in [0.717, 1.165) is 18.4 Å². The van der Waals surface area contributed by atoms with Crippen LogP contribution in [0.15, 0.2) is 39.5 Å². The highest BCUT2D eigenvalue weighted by Crippen LogP contribution is 2.62. The summed E-state index contributed by atoms with van der Waals surface area (Å²) in [4.78, 5) is 17.7. The van der Waals surface area contributed by atoms with Crippen LogP contribution in [-0.4, -0.2) is 42.1 Å². The number of aliphatic imine (C=N–C) groups is 1. The van der Waals surface area contributed by atoms with Crippen LogP contribution in [0.5, 0.6) is 0 Å². The maximum absolute atomic E-state index is 13.3. The number of amides is 1. The van der Waals surface area contributed by atoms with E-state index in [4.69, 9.17) is 22.4 Å². The smallest absolute Gasteiger partial charge is 0.254 e. The fourth-order valence-electron chi connectivity index (χ4n) is 5.27. The van der Waals surface area contributed by atoms with Gasteiger partial charge in [-0.3, -0.25) is 9.79 Å². The van der Waals surface area contributed by atoms with Crippen LogP contribution in [0.1, 0.15) is 52.0 Å². The Morgan fingerprint density at radius 1 is 1.32 bits per heavy atom. The summed E-state index contributed by atoms with van der Waals surface area (Å²) in [6.45, 7) is 7.42. The minimum absolute atomic E-state index is 0.0199. The van der Waals surface area contributed by atoms with Gasteiger partial charge in [-0.1, -0.05) is 44.5 Å². The molecule has 170 valence electrons. The number of nitrogens with zero attached hydrogens (tertiary/aromatic N) is 3. The number of carbonyl (C=O) groups excluding carboxylic acids is 1. The number of azo groups is 1. The van der Waals surface area contributed by atoms with Gasteiger partial charge in [-0.05, 0) is 60.1 Å². The van der Waals surface area contributed by atoms with Crippen molar-refractivity contribution in [3.63, 3.8) is 0 Å². The number of rotatable bonds is 9. The van der Waals surface area contributed by atoms with E-state index in [9.17, 15) is 4.79 Å². The third kappa shape index (κ3) is 5.26. The molecule has 1 aromatic rings. The first kappa shape index (κ1) is 23.7. The Labute approximate surface area is 189 Å². The van der Waals surface area contributed by atoms with Gasteiger partial charge < -0.3 is 16.2 Å². The Kier molecular flexibility index (Phi) is 7.37. The first-order valence-corrected chi connectivity index (χ1v) is 11.4. The van der Waals surface area contributed by atoms with E-state index in [1.165, 1.54) is 6.42 Å². The Bertz CT molecular complexity index is 834. The molecule has 1 amide bonds. The van der Waals surface area contributed by atoms with Crippen LogP contribution in [0.2, 0.25) is 5.02 Å². The Hall–Kier alpha value is -1.99. The van der Waals surface area contributed by atoms with Gasteiger partial charge in [0.15, 0.2) is 0 Å². The molecule has 31 heavy (non-hydrogen) atoms. The van der Waals surface area contributed by atoms with Gasteiger partial charge in [-0.15, -0.1) is 0 Å². The monoisotopic (exact) mass is 447 g/mol. The number of hydrogen-bond acceptors (Lipinski definition) is 5. The Balaban J connectivity index is 1.75. The summed E-state index contributed by atoms with van der Waals surface area (Å²) in [6, 6.07) is 6.40. The molecule has 1 aromatic carbocycles. The minimum Gasteiger partial charge on any atom is -0.396 e. The largest absolute Gasteiger partial charge is 0.396 e. The van der Waals surface area contributed by atoms with Crippen LogP contribution in [0.25, 0.3) is 0 Å². The summed E-state index contributed by atoms with van der Waals surface area (Å²) in [5.74, 6) is 0.478. The molecule has 0 radical (unpaired) electrons. The molecule has 2 bridgehead atoms. The number of hydrogen-bond donors (Lipinski definition) is 3. The van der Waals surface area contributed by atoms with Gasteiger partial charge in [0.2, 0.25) is 6.04 Å². The standard InChI is InChI=1S/C23H34ClN5O2/c1-22(2)16-9-10-23(3,13-16)21(22)28-20(31)18(29-27-11-4-12-30)19(25)26-14-15-5-7-17(24)8-6-15/h5-8,16,18,21,30H,4,9-14H2,1-3H3,(H2,25,26)(H,28,31)/b29-27+. The highest BCUT2D eigenvalue weighted by atomic mass is 35.5. The van der Waals surface area contributed by atoms with Crippen molar-refractivity contribution in [2.45, 2.75) is 65.1 Å². The molecule has 8 heteroatoms. The van der Waals surface area contributed by atoms with Gasteiger partial charge >= 0.3 is 0 Å². The molecule has 4 atom stereocenters. The van der Waals surface area contributed by atoms with Crippen LogP contribution in [0.4, 0.5) is 0 Å². The number of nitrogens with two attached hydrogens (primary N) is 1. The number of nitrogens with one attached hydrogen (secondary N) is 1. The van der Waals surface area contributed by atoms with E-state index in [0.29, 0.717) is 30.5 Å². The molecule has 7 nitrogen and oxygen atoms in total. The molecule has 0 saturated heterocycles. The lowest BCUT2D eigenvalue weighted by Crippen LogP contribution is -2.56. The van der Waals surface area contributed by atoms with E-state index < -0.39 is 6.04 Å². The summed E-state index contributed by atoms with van der Waals surface area (Å²) in [7, 11) is 0. The predicted octanol–water partition coefficient (Wildman–Crippen LogP) is 3.73. The third-order valence-electron chi connectivity index (χ3n) is 7.06. The van der Waals surface area contributed by atoms with Crippen LogP contribution < -0.4 is 11.1 Å². The third-order valence-corrected chi connectivity index (χ3v) is 7.31. The van der Waals surface area contributed by atoms with Gasteiger partial charge in [-0.25, -0.2) is 0 Å². The zero-order valence-electron chi connectivity index (χ0n) is 18.6. The van der Waals surface area contributed by atoms with Gasteiger partial charge in [-0.2, -0.15) is 10.2 Å². The van der Waals surface area contributed by atoms with Crippen LogP contribution in [0, 0.1) is 16.7 Å². The molecular weight excluding hydrogens is 414 g/mol. The number of benzene rings is 1. The number of amidine groups is 1. The molecule has 3 rings (SSSR count). The summed E-state index contributed by atoms with van der Waals surface area (Å²) in [5, 5.41) is 21.1. The maximum Gasteiger partial charge on any atom is 0.254 e. The van der Waals surface area contributed by atoms with Crippen molar-refractivity contribution in [1.29, 1.82) is 0 Å². The molecular formula is C23H34ClN5O2. The molecule has 4 unspecified atom stereocenters. The lowest BCUT2D eigenvalue weighted by molar-refractivity contribution is -0.123. The molecule has 2 aliphatic rings. The zero-order valence-corrected chi connectivity index (χ0v) is 19.4. The Morgan fingerprint density at radius 2 is 2.03 bits per heavy atom. The SMILES string of the molecule is CC12CCC(C1)C(C)(C)C2NC(=O)C(/N=N/CCCO)/C(N)=N/Cc1ccc(Cl)cc1. The number of aliphatic hydroxyl groups excluding tert-OH is 1. The second-order valence-corrected chi connectivity index (χ2v) is 10.1. The van der Waals surface area contributed by atoms with Crippen LogP contribution in [0.3, 0.4) is 0 Å². The number of fused-ring (bicyclic) bond motifs is 2. The van der Waals surface area contributed by atoms with Crippen molar-refractivity contribution in [2.75, 3.05) is 13.2 Å². The fraction of sp³-hybridized carbons (Fsp3) is 0.652. The summed E-state index contributed by atoms with van der Waals surface area (Å²) in [5.41, 5.74) is 7.28. The highest BCUT2D eigenvalue weighted by molar-refractivity contribution is 6.30. The lowest BCUT2D eigenvalue weighted by atomic mass is 9.68. The van der Waals surface area contributed by atoms with Gasteiger partial charge in [0.05, 0.1) is 13.1 Å². The first-order chi connectivity index (χ1) is 14.7. The van der Waals surface area contributed by atoms with E-state index in [1.807, 2.05) is 12.1 Å². The summed E-state index contributed by atoms with van der Waals surface area (Å²) in [6.07, 6.45) is 3.95. The molecule has 2 saturated carbocycles. The molecule has 0 aliphatic heterocycles. The molecule has 0 spiro atoms. The average Bonchev–Trinajstić information content (AvgIpc) is 3.21. The van der Waals surface area contributed by atoms with Crippen molar-refractivity contribution in [1.82, 2.24) is 5.32 Å². The summed E-state index contributed by atoms with van der Waals surface area (Å²) >= 11 is 5.93. The van der Waals surface area contributed by atoms with Crippen molar-refractivity contribution >= 4 is 23.3 Å². The molecule has 0 heterocycles. The zero-order chi connectivity index (χ0) is 22.6. The van der Waals surface area contributed by atoms with Crippen molar-refractivity contribution in [2.24, 2.45) is 37.7 Å². The van der Waals surface area contributed by atoms with Crippen molar-refractivity contribution in [3.05, 3.63) is 34.9 Å². The normalized spacial score (nSPS) is 28.2. The number of halogens is 1. The first-order valence-electron chi connectivity index (χ1n) is 11.0. The topological polar surface area (TPSA) is 112 Å². The molecule has 2 aliphatic carbocycles. The minimum atomic E-state index is -0.982.